The van der Waals surface area contributed by atoms with Crippen molar-refractivity contribution < 1.29 is 4.79 Å². The molecule has 0 aromatic carbocycles. The van der Waals surface area contributed by atoms with Crippen LogP contribution in [0.25, 0.3) is 0 Å². The van der Waals surface area contributed by atoms with Gasteiger partial charge in [0.25, 0.3) is 0 Å². The fraction of sp³-hybridized carbons (Fsp3) is 0.714. The van der Waals surface area contributed by atoms with Crippen LogP contribution in [0.2, 0.25) is 0 Å². The van der Waals surface area contributed by atoms with Gasteiger partial charge in [-0.05, 0) is 6.92 Å². The molecule has 2 heterocycles. The summed E-state index contributed by atoms with van der Waals surface area (Å²) in [6.07, 6.45) is 0.930. The number of carbonyl (C=O) groups is 1. The van der Waals surface area contributed by atoms with E-state index in [1.54, 1.807) is 7.05 Å². The largest absolute Gasteiger partial charge is 0.357 e. The molecule has 1 atom stereocenters. The van der Waals surface area contributed by atoms with E-state index in [1.165, 1.54) is 5.69 Å². The van der Waals surface area contributed by atoms with Gasteiger partial charge in [-0.2, -0.15) is 0 Å². The Morgan fingerprint density at radius 2 is 2.16 bits per heavy atom. The molecule has 1 aromatic heterocycles. The average molecular weight is 264 g/mol. The lowest BCUT2D eigenvalue weighted by Crippen LogP contribution is -2.33. The van der Waals surface area contributed by atoms with Crippen molar-refractivity contribution in [2.75, 3.05) is 13.6 Å². The fourth-order valence-corrected chi connectivity index (χ4v) is 2.61. The number of aromatic nitrogens is 2. The molecule has 1 amide bonds. The molecule has 0 bridgehead atoms. The third kappa shape index (κ3) is 2.52. The maximum Gasteiger partial charge on any atom is 0.242 e. The van der Waals surface area contributed by atoms with Crippen LogP contribution in [0.1, 0.15) is 50.9 Å². The predicted molar refractivity (Wildman–Crippen MR) is 75.1 cm³/mol. The molecular formula is C14H24N4O. The number of nitrogens with one attached hydrogen (secondary N) is 2. The first-order valence-electron chi connectivity index (χ1n) is 6.89. The molecule has 1 unspecified atom stereocenters. The summed E-state index contributed by atoms with van der Waals surface area (Å²) < 4.78 is 2.13. The van der Waals surface area contributed by atoms with Crippen molar-refractivity contribution in [2.45, 2.75) is 52.1 Å². The molecule has 0 saturated carbocycles. The number of amides is 1. The second kappa shape index (κ2) is 4.96. The minimum atomic E-state index is -0.214. The van der Waals surface area contributed by atoms with Crippen molar-refractivity contribution in [3.63, 3.8) is 0 Å². The van der Waals surface area contributed by atoms with Gasteiger partial charge >= 0.3 is 0 Å². The highest BCUT2D eigenvalue weighted by molar-refractivity contribution is 5.79. The van der Waals surface area contributed by atoms with Gasteiger partial charge in [0.15, 0.2) is 0 Å². The highest BCUT2D eigenvalue weighted by atomic mass is 16.2. The van der Waals surface area contributed by atoms with Crippen LogP contribution in [0, 0.1) is 0 Å². The van der Waals surface area contributed by atoms with Gasteiger partial charge in [0.1, 0.15) is 11.9 Å². The molecule has 5 heteroatoms. The summed E-state index contributed by atoms with van der Waals surface area (Å²) in [4.78, 5) is 16.8. The molecule has 1 aliphatic rings. The summed E-state index contributed by atoms with van der Waals surface area (Å²) in [6, 6.07) is -0.214. The summed E-state index contributed by atoms with van der Waals surface area (Å²) in [5.41, 5.74) is 2.23. The molecule has 5 nitrogen and oxygen atoms in total. The maximum atomic E-state index is 12.0. The van der Waals surface area contributed by atoms with Crippen molar-refractivity contribution in [1.29, 1.82) is 0 Å². The first-order valence-corrected chi connectivity index (χ1v) is 6.89. The number of fused-ring (bicyclic) bond motifs is 1. The lowest BCUT2D eigenvalue weighted by Gasteiger charge is -2.25. The molecule has 106 valence electrons. The molecule has 1 aliphatic heterocycles. The normalized spacial score (nSPS) is 16.9. The first-order chi connectivity index (χ1) is 8.86. The second-order valence-electron chi connectivity index (χ2n) is 6.17. The fourth-order valence-electron chi connectivity index (χ4n) is 2.61. The van der Waals surface area contributed by atoms with Crippen molar-refractivity contribution in [3.05, 3.63) is 17.2 Å². The number of rotatable bonds is 2. The number of hydrogen-bond donors (Lipinski definition) is 2. The van der Waals surface area contributed by atoms with Gasteiger partial charge in [-0.3, -0.25) is 4.79 Å². The van der Waals surface area contributed by atoms with E-state index in [1.807, 2.05) is 6.92 Å². The van der Waals surface area contributed by atoms with Crippen LogP contribution in [0.15, 0.2) is 0 Å². The molecular weight excluding hydrogens is 240 g/mol. The van der Waals surface area contributed by atoms with E-state index >= 15 is 0 Å². The van der Waals surface area contributed by atoms with Crippen LogP contribution in [0.4, 0.5) is 0 Å². The maximum absolute atomic E-state index is 12.0. The molecule has 1 aromatic rings. The van der Waals surface area contributed by atoms with Crippen LogP contribution >= 0.6 is 0 Å². The Morgan fingerprint density at radius 3 is 2.74 bits per heavy atom. The van der Waals surface area contributed by atoms with Crippen molar-refractivity contribution in [1.82, 2.24) is 20.2 Å². The Kier molecular flexibility index (Phi) is 3.67. The number of carbonyl (C=O) groups excluding carboxylic acids is 1. The average Bonchev–Trinajstić information content (AvgIpc) is 2.76. The van der Waals surface area contributed by atoms with Gasteiger partial charge in [0, 0.05) is 37.7 Å². The summed E-state index contributed by atoms with van der Waals surface area (Å²) in [5.74, 6) is 1.03. The SMILES string of the molecule is CNC(=O)C(C)n1c(C(C)(C)C)nc2c1CCNC2. The van der Waals surface area contributed by atoms with E-state index in [9.17, 15) is 4.79 Å². The third-order valence-corrected chi connectivity index (χ3v) is 3.61. The summed E-state index contributed by atoms with van der Waals surface area (Å²) >= 11 is 0. The molecule has 0 radical (unpaired) electrons. The Hall–Kier alpha value is -1.36. The molecule has 2 rings (SSSR count). The number of hydrogen-bond acceptors (Lipinski definition) is 3. The molecule has 0 aliphatic carbocycles. The standard InChI is InChI=1S/C14H24N4O/c1-9(12(19)15-5)18-11-6-7-16-8-10(11)17-13(18)14(2,3)4/h9,16H,6-8H2,1-5H3,(H,15,19). The molecule has 0 fully saturated rings. The molecule has 0 spiro atoms. The number of nitrogens with zero attached hydrogens (tertiary/aromatic N) is 2. The van der Waals surface area contributed by atoms with Crippen molar-refractivity contribution in [2.24, 2.45) is 0 Å². The van der Waals surface area contributed by atoms with E-state index in [0.29, 0.717) is 0 Å². The monoisotopic (exact) mass is 264 g/mol. The Labute approximate surface area is 114 Å². The topological polar surface area (TPSA) is 59.0 Å². The summed E-state index contributed by atoms with van der Waals surface area (Å²) in [7, 11) is 1.68. The van der Waals surface area contributed by atoms with Gasteiger partial charge in [-0.1, -0.05) is 20.8 Å². The number of likely N-dealkylation sites (N-methyl/N-ethyl adjacent to an activating group) is 1. The van der Waals surface area contributed by atoms with Crippen LogP contribution in [0.3, 0.4) is 0 Å². The number of imidazole rings is 1. The van der Waals surface area contributed by atoms with Gasteiger partial charge in [-0.15, -0.1) is 0 Å². The van der Waals surface area contributed by atoms with Crippen LogP contribution in [0.5, 0.6) is 0 Å². The van der Waals surface area contributed by atoms with E-state index in [0.717, 1.165) is 31.0 Å². The van der Waals surface area contributed by atoms with E-state index in [4.69, 9.17) is 4.98 Å². The lowest BCUT2D eigenvalue weighted by molar-refractivity contribution is -0.123. The zero-order valence-corrected chi connectivity index (χ0v) is 12.5. The van der Waals surface area contributed by atoms with E-state index in [2.05, 4.69) is 36.0 Å². The van der Waals surface area contributed by atoms with Gasteiger partial charge < -0.3 is 15.2 Å². The molecule has 19 heavy (non-hydrogen) atoms. The van der Waals surface area contributed by atoms with Crippen molar-refractivity contribution >= 4 is 5.91 Å². The molecule has 2 N–H and O–H groups in total. The Bertz CT molecular complexity index is 484. The third-order valence-electron chi connectivity index (χ3n) is 3.61. The van der Waals surface area contributed by atoms with E-state index < -0.39 is 0 Å². The highest BCUT2D eigenvalue weighted by Crippen LogP contribution is 2.29. The predicted octanol–water partition coefficient (Wildman–Crippen LogP) is 1.13. The van der Waals surface area contributed by atoms with Crippen molar-refractivity contribution in [3.8, 4) is 0 Å². The minimum absolute atomic E-state index is 0.0317. The van der Waals surface area contributed by atoms with Crippen LogP contribution in [-0.2, 0) is 23.2 Å². The smallest absolute Gasteiger partial charge is 0.242 e. The highest BCUT2D eigenvalue weighted by Gasteiger charge is 2.31. The van der Waals surface area contributed by atoms with Crippen LogP contribution < -0.4 is 10.6 Å². The zero-order valence-electron chi connectivity index (χ0n) is 12.5. The molecule has 0 saturated heterocycles. The Morgan fingerprint density at radius 1 is 1.47 bits per heavy atom. The summed E-state index contributed by atoms with van der Waals surface area (Å²) in [5, 5.41) is 6.07. The van der Waals surface area contributed by atoms with Gasteiger partial charge in [0.05, 0.1) is 5.69 Å². The van der Waals surface area contributed by atoms with E-state index in [-0.39, 0.29) is 17.4 Å². The summed E-state index contributed by atoms with van der Waals surface area (Å²) in [6.45, 7) is 10.1. The van der Waals surface area contributed by atoms with Gasteiger partial charge in [-0.25, -0.2) is 4.98 Å². The lowest BCUT2D eigenvalue weighted by atomic mass is 9.95. The zero-order chi connectivity index (χ0) is 14.2. The Balaban J connectivity index is 2.55. The quantitative estimate of drug-likeness (QED) is 0.842. The first kappa shape index (κ1) is 14.1. The minimum Gasteiger partial charge on any atom is -0.357 e. The van der Waals surface area contributed by atoms with Gasteiger partial charge in [0.2, 0.25) is 5.91 Å². The second-order valence-corrected chi connectivity index (χ2v) is 6.17. The van der Waals surface area contributed by atoms with Crippen LogP contribution in [-0.4, -0.2) is 29.1 Å².